The van der Waals surface area contributed by atoms with E-state index in [1.54, 1.807) is 6.20 Å². The second kappa shape index (κ2) is 5.84. The summed E-state index contributed by atoms with van der Waals surface area (Å²) in [4.78, 5) is 16.1. The Hall–Kier alpha value is -1.32. The van der Waals surface area contributed by atoms with Gasteiger partial charge in [-0.2, -0.15) is 0 Å². The summed E-state index contributed by atoms with van der Waals surface area (Å²) >= 11 is 0. The molecule has 0 aliphatic carbocycles. The number of nitrogens with zero attached hydrogens (tertiary/aromatic N) is 2. The van der Waals surface area contributed by atoms with Gasteiger partial charge in [0.1, 0.15) is 12.4 Å². The maximum atomic E-state index is 11.8. The molecule has 0 bridgehead atoms. The molecule has 0 aliphatic rings. The minimum atomic E-state index is 0.0473. The standard InChI is InChI=1S/C13H23N3O/c1-9(2)11(5)15-12(17)8-16-7-6-14-13(16)10(3)4/h6-7,9-11H,8H2,1-5H3,(H,15,17). The molecule has 0 radical (unpaired) electrons. The maximum absolute atomic E-state index is 11.8. The second-order valence-corrected chi connectivity index (χ2v) is 5.17. The summed E-state index contributed by atoms with van der Waals surface area (Å²) in [5.41, 5.74) is 0. The van der Waals surface area contributed by atoms with E-state index in [1.807, 2.05) is 17.7 Å². The van der Waals surface area contributed by atoms with Crippen LogP contribution in [0.1, 0.15) is 46.4 Å². The lowest BCUT2D eigenvalue weighted by molar-refractivity contribution is -0.122. The number of rotatable bonds is 5. The lowest BCUT2D eigenvalue weighted by Gasteiger charge is -2.18. The number of carbonyl (C=O) groups excluding carboxylic acids is 1. The van der Waals surface area contributed by atoms with Gasteiger partial charge in [0.05, 0.1) is 0 Å². The summed E-state index contributed by atoms with van der Waals surface area (Å²) < 4.78 is 1.91. The fourth-order valence-electron chi connectivity index (χ4n) is 1.58. The molecule has 0 fully saturated rings. The van der Waals surface area contributed by atoms with Crippen molar-refractivity contribution in [1.29, 1.82) is 0 Å². The molecule has 1 amide bonds. The molecule has 0 spiro atoms. The van der Waals surface area contributed by atoms with E-state index in [2.05, 4.69) is 38.0 Å². The molecule has 96 valence electrons. The molecule has 1 heterocycles. The smallest absolute Gasteiger partial charge is 0.240 e. The lowest BCUT2D eigenvalue weighted by Crippen LogP contribution is -2.38. The molecular weight excluding hydrogens is 214 g/mol. The van der Waals surface area contributed by atoms with E-state index in [4.69, 9.17) is 0 Å². The SMILES string of the molecule is CC(C)c1nccn1CC(=O)NC(C)C(C)C. The van der Waals surface area contributed by atoms with E-state index in [1.165, 1.54) is 0 Å². The van der Waals surface area contributed by atoms with Crippen LogP contribution in [0.4, 0.5) is 0 Å². The van der Waals surface area contributed by atoms with Crippen LogP contribution in [0.3, 0.4) is 0 Å². The molecule has 1 atom stereocenters. The molecule has 1 rings (SSSR count). The Morgan fingerprint density at radius 2 is 2.00 bits per heavy atom. The molecule has 0 aromatic carbocycles. The van der Waals surface area contributed by atoms with Crippen LogP contribution >= 0.6 is 0 Å². The topological polar surface area (TPSA) is 46.9 Å². The number of hydrogen-bond acceptors (Lipinski definition) is 2. The Balaban J connectivity index is 2.59. The third kappa shape index (κ3) is 3.88. The Labute approximate surface area is 103 Å². The summed E-state index contributed by atoms with van der Waals surface area (Å²) in [7, 11) is 0. The van der Waals surface area contributed by atoms with Crippen LogP contribution < -0.4 is 5.32 Å². The number of imidazole rings is 1. The zero-order valence-corrected chi connectivity index (χ0v) is 11.4. The highest BCUT2D eigenvalue weighted by atomic mass is 16.2. The second-order valence-electron chi connectivity index (χ2n) is 5.17. The number of hydrogen-bond donors (Lipinski definition) is 1. The number of aromatic nitrogens is 2. The van der Waals surface area contributed by atoms with E-state index >= 15 is 0 Å². The van der Waals surface area contributed by atoms with Crippen molar-refractivity contribution < 1.29 is 4.79 Å². The third-order valence-electron chi connectivity index (χ3n) is 2.97. The highest BCUT2D eigenvalue weighted by molar-refractivity contribution is 5.76. The normalized spacial score (nSPS) is 13.1. The molecule has 1 N–H and O–H groups in total. The van der Waals surface area contributed by atoms with Crippen LogP contribution in [0.5, 0.6) is 0 Å². The predicted octanol–water partition coefficient (Wildman–Crippen LogP) is 2.17. The van der Waals surface area contributed by atoms with Crippen LogP contribution in [-0.4, -0.2) is 21.5 Å². The van der Waals surface area contributed by atoms with Gasteiger partial charge in [-0.15, -0.1) is 0 Å². The number of nitrogens with one attached hydrogen (secondary N) is 1. The molecule has 4 heteroatoms. The monoisotopic (exact) mass is 237 g/mol. The van der Waals surface area contributed by atoms with E-state index in [9.17, 15) is 4.79 Å². The Morgan fingerprint density at radius 3 is 2.53 bits per heavy atom. The van der Waals surface area contributed by atoms with Crippen molar-refractivity contribution >= 4 is 5.91 Å². The van der Waals surface area contributed by atoms with Crippen molar-refractivity contribution in [2.75, 3.05) is 0 Å². The van der Waals surface area contributed by atoms with Crippen molar-refractivity contribution in [2.24, 2.45) is 5.92 Å². The van der Waals surface area contributed by atoms with Crippen molar-refractivity contribution in [3.05, 3.63) is 18.2 Å². The average molecular weight is 237 g/mol. The van der Waals surface area contributed by atoms with Crippen molar-refractivity contribution in [1.82, 2.24) is 14.9 Å². The maximum Gasteiger partial charge on any atom is 0.240 e. The van der Waals surface area contributed by atoms with Crippen LogP contribution in [-0.2, 0) is 11.3 Å². The van der Waals surface area contributed by atoms with Crippen LogP contribution in [0.25, 0.3) is 0 Å². The van der Waals surface area contributed by atoms with Gasteiger partial charge in [0.15, 0.2) is 0 Å². The van der Waals surface area contributed by atoms with Gasteiger partial charge in [-0.05, 0) is 12.8 Å². The zero-order chi connectivity index (χ0) is 13.0. The predicted molar refractivity (Wildman–Crippen MR) is 68.8 cm³/mol. The Bertz CT molecular complexity index is 368. The van der Waals surface area contributed by atoms with Gasteiger partial charge in [0, 0.05) is 24.4 Å². The first kappa shape index (κ1) is 13.7. The van der Waals surface area contributed by atoms with Gasteiger partial charge in [-0.1, -0.05) is 27.7 Å². The average Bonchev–Trinajstić information content (AvgIpc) is 2.65. The first-order valence-electron chi connectivity index (χ1n) is 6.22. The minimum absolute atomic E-state index is 0.0473. The van der Waals surface area contributed by atoms with Gasteiger partial charge in [-0.3, -0.25) is 4.79 Å². The van der Waals surface area contributed by atoms with Gasteiger partial charge in [0.2, 0.25) is 5.91 Å². The summed E-state index contributed by atoms with van der Waals surface area (Å²) in [5.74, 6) is 1.79. The molecular formula is C13H23N3O. The fourth-order valence-corrected chi connectivity index (χ4v) is 1.58. The summed E-state index contributed by atoms with van der Waals surface area (Å²) in [6, 6.07) is 0.202. The molecule has 0 aliphatic heterocycles. The van der Waals surface area contributed by atoms with E-state index in [0.717, 1.165) is 5.82 Å². The van der Waals surface area contributed by atoms with Crippen molar-refractivity contribution in [2.45, 2.75) is 53.1 Å². The quantitative estimate of drug-likeness (QED) is 0.853. The first-order valence-corrected chi connectivity index (χ1v) is 6.22. The van der Waals surface area contributed by atoms with Gasteiger partial charge in [-0.25, -0.2) is 4.98 Å². The summed E-state index contributed by atoms with van der Waals surface area (Å²) in [6.45, 7) is 10.7. The van der Waals surface area contributed by atoms with Crippen LogP contribution in [0, 0.1) is 5.92 Å². The van der Waals surface area contributed by atoms with E-state index in [0.29, 0.717) is 18.4 Å². The number of amides is 1. The first-order chi connectivity index (χ1) is 7.91. The molecule has 17 heavy (non-hydrogen) atoms. The highest BCUT2D eigenvalue weighted by Crippen LogP contribution is 2.11. The van der Waals surface area contributed by atoms with Gasteiger partial charge in [0.25, 0.3) is 0 Å². The molecule has 1 aromatic rings. The molecule has 0 saturated heterocycles. The Morgan fingerprint density at radius 1 is 1.35 bits per heavy atom. The fraction of sp³-hybridized carbons (Fsp3) is 0.692. The molecule has 1 unspecified atom stereocenters. The minimum Gasteiger partial charge on any atom is -0.352 e. The third-order valence-corrected chi connectivity index (χ3v) is 2.97. The lowest BCUT2D eigenvalue weighted by atomic mass is 10.1. The highest BCUT2D eigenvalue weighted by Gasteiger charge is 2.13. The van der Waals surface area contributed by atoms with Crippen molar-refractivity contribution in [3.8, 4) is 0 Å². The van der Waals surface area contributed by atoms with Gasteiger partial charge < -0.3 is 9.88 Å². The Kier molecular flexibility index (Phi) is 4.73. The summed E-state index contributed by atoms with van der Waals surface area (Å²) in [6.07, 6.45) is 3.60. The van der Waals surface area contributed by atoms with Gasteiger partial charge >= 0.3 is 0 Å². The largest absolute Gasteiger partial charge is 0.352 e. The van der Waals surface area contributed by atoms with E-state index < -0.39 is 0 Å². The van der Waals surface area contributed by atoms with E-state index in [-0.39, 0.29) is 11.9 Å². The van der Waals surface area contributed by atoms with Crippen LogP contribution in [0.2, 0.25) is 0 Å². The molecule has 1 aromatic heterocycles. The van der Waals surface area contributed by atoms with Crippen molar-refractivity contribution in [3.63, 3.8) is 0 Å². The molecule has 4 nitrogen and oxygen atoms in total. The van der Waals surface area contributed by atoms with Crippen LogP contribution in [0.15, 0.2) is 12.4 Å². The molecule has 0 saturated carbocycles. The number of carbonyl (C=O) groups is 1. The summed E-state index contributed by atoms with van der Waals surface area (Å²) in [5, 5.41) is 3.00. The zero-order valence-electron chi connectivity index (χ0n) is 11.4.